The molecule has 4 nitrogen and oxygen atoms in total. The Morgan fingerprint density at radius 1 is 1.26 bits per heavy atom. The molecule has 102 valence electrons. The van der Waals surface area contributed by atoms with Gasteiger partial charge in [-0.1, -0.05) is 13.0 Å². The summed E-state index contributed by atoms with van der Waals surface area (Å²) in [5.74, 6) is 1.86. The number of nitrogens with one attached hydrogen (secondary N) is 2. The molecule has 0 aliphatic rings. The van der Waals surface area contributed by atoms with Crippen molar-refractivity contribution in [2.45, 2.75) is 33.2 Å². The van der Waals surface area contributed by atoms with Crippen LogP contribution in [0.15, 0.2) is 23.8 Å². The molecule has 19 heavy (non-hydrogen) atoms. The van der Waals surface area contributed by atoms with Gasteiger partial charge in [-0.25, -0.2) is 9.97 Å². The molecule has 0 amide bonds. The van der Waals surface area contributed by atoms with E-state index in [9.17, 15) is 0 Å². The molecule has 0 saturated carbocycles. The smallest absolute Gasteiger partial charge is 0.135 e. The van der Waals surface area contributed by atoms with Gasteiger partial charge in [-0.3, -0.25) is 0 Å². The van der Waals surface area contributed by atoms with Crippen LogP contribution in [0.3, 0.4) is 0 Å². The van der Waals surface area contributed by atoms with E-state index in [4.69, 9.17) is 0 Å². The second kappa shape index (κ2) is 6.52. The maximum absolute atomic E-state index is 4.38. The van der Waals surface area contributed by atoms with Crippen LogP contribution in [-0.2, 0) is 6.42 Å². The molecule has 1 atom stereocenters. The van der Waals surface area contributed by atoms with Gasteiger partial charge < -0.3 is 10.6 Å². The minimum absolute atomic E-state index is 0.259. The van der Waals surface area contributed by atoms with Gasteiger partial charge in [0.25, 0.3) is 0 Å². The Bertz CT molecular complexity index is 510. The fraction of sp³-hybridized carbons (Fsp3) is 0.429. The van der Waals surface area contributed by atoms with E-state index in [1.165, 1.54) is 4.88 Å². The van der Waals surface area contributed by atoms with E-state index in [0.717, 1.165) is 30.2 Å². The van der Waals surface area contributed by atoms with Gasteiger partial charge in [0.2, 0.25) is 0 Å². The second-order valence-electron chi connectivity index (χ2n) is 4.31. The van der Waals surface area contributed by atoms with E-state index in [1.807, 2.05) is 0 Å². The molecule has 2 aromatic heterocycles. The third-order valence-corrected chi connectivity index (χ3v) is 4.02. The first-order chi connectivity index (χ1) is 9.26. The monoisotopic (exact) mass is 276 g/mol. The van der Waals surface area contributed by atoms with Crippen LogP contribution in [0.1, 0.15) is 37.3 Å². The predicted octanol–water partition coefficient (Wildman–Crippen LogP) is 3.71. The Balaban J connectivity index is 2.22. The first-order valence-corrected chi connectivity index (χ1v) is 7.51. The highest BCUT2D eigenvalue weighted by atomic mass is 32.1. The largest absolute Gasteiger partial charge is 0.370 e. The molecule has 2 rings (SSSR count). The summed E-state index contributed by atoms with van der Waals surface area (Å²) < 4.78 is 0. The summed E-state index contributed by atoms with van der Waals surface area (Å²) in [6, 6.07) is 4.47. The lowest BCUT2D eigenvalue weighted by molar-refractivity contribution is 0.881. The molecule has 0 bridgehead atoms. The van der Waals surface area contributed by atoms with Crippen molar-refractivity contribution in [1.82, 2.24) is 9.97 Å². The van der Waals surface area contributed by atoms with Gasteiger partial charge >= 0.3 is 0 Å². The molecule has 0 aliphatic heterocycles. The lowest BCUT2D eigenvalue weighted by Gasteiger charge is -2.17. The van der Waals surface area contributed by atoms with E-state index < -0.39 is 0 Å². The molecule has 0 radical (unpaired) electrons. The zero-order chi connectivity index (χ0) is 13.7. The second-order valence-corrected chi connectivity index (χ2v) is 5.29. The molecule has 0 aliphatic carbocycles. The van der Waals surface area contributed by atoms with Crippen molar-refractivity contribution in [2.24, 2.45) is 0 Å². The average molecular weight is 276 g/mol. The van der Waals surface area contributed by atoms with Crippen molar-refractivity contribution < 1.29 is 0 Å². The maximum atomic E-state index is 4.38. The molecular weight excluding hydrogens is 256 g/mol. The van der Waals surface area contributed by atoms with Gasteiger partial charge in [0.1, 0.15) is 18.0 Å². The fourth-order valence-electron chi connectivity index (χ4n) is 2.01. The van der Waals surface area contributed by atoms with Crippen LogP contribution in [0.25, 0.3) is 0 Å². The third kappa shape index (κ3) is 3.23. The topological polar surface area (TPSA) is 49.8 Å². The van der Waals surface area contributed by atoms with Crippen LogP contribution >= 0.6 is 11.3 Å². The number of nitrogens with zero attached hydrogens (tertiary/aromatic N) is 2. The van der Waals surface area contributed by atoms with Crippen molar-refractivity contribution in [2.75, 3.05) is 17.2 Å². The van der Waals surface area contributed by atoms with Crippen molar-refractivity contribution in [3.05, 3.63) is 34.3 Å². The van der Waals surface area contributed by atoms with E-state index in [-0.39, 0.29) is 6.04 Å². The Labute approximate surface area is 118 Å². The third-order valence-electron chi connectivity index (χ3n) is 2.97. The van der Waals surface area contributed by atoms with Gasteiger partial charge in [-0.05, 0) is 31.7 Å². The summed E-state index contributed by atoms with van der Waals surface area (Å²) in [6.45, 7) is 7.22. The number of thiophene rings is 1. The van der Waals surface area contributed by atoms with Crippen molar-refractivity contribution in [1.29, 1.82) is 0 Å². The van der Waals surface area contributed by atoms with Gasteiger partial charge in [-0.15, -0.1) is 11.3 Å². The maximum Gasteiger partial charge on any atom is 0.135 e. The number of hydrogen-bond donors (Lipinski definition) is 2. The SMILES string of the molecule is CCNc1ncnc(NC(C)c2cccs2)c1CC. The molecule has 2 aromatic rings. The van der Waals surface area contributed by atoms with Crippen molar-refractivity contribution >= 4 is 23.0 Å². The highest BCUT2D eigenvalue weighted by Crippen LogP contribution is 2.26. The Morgan fingerprint density at radius 3 is 2.68 bits per heavy atom. The summed E-state index contributed by atoms with van der Waals surface area (Å²) in [7, 11) is 0. The van der Waals surface area contributed by atoms with Gasteiger partial charge in [0.05, 0.1) is 6.04 Å². The summed E-state index contributed by atoms with van der Waals surface area (Å²) >= 11 is 1.76. The molecule has 2 N–H and O–H groups in total. The van der Waals surface area contributed by atoms with Gasteiger partial charge in [-0.2, -0.15) is 0 Å². The molecule has 0 fully saturated rings. The Kier molecular flexibility index (Phi) is 4.74. The molecule has 0 aromatic carbocycles. The van der Waals surface area contributed by atoms with Crippen LogP contribution < -0.4 is 10.6 Å². The standard InChI is InChI=1S/C14H20N4S/c1-4-11-13(15-5-2)16-9-17-14(11)18-10(3)12-7-6-8-19-12/h6-10H,4-5H2,1-3H3,(H2,15,16,17,18). The molecule has 0 spiro atoms. The molecular formula is C14H20N4S. The summed E-state index contributed by atoms with van der Waals surface area (Å²) in [5, 5.41) is 8.86. The van der Waals surface area contributed by atoms with Crippen molar-refractivity contribution in [3.8, 4) is 0 Å². The minimum atomic E-state index is 0.259. The molecule has 2 heterocycles. The van der Waals surface area contributed by atoms with E-state index in [2.05, 4.69) is 58.9 Å². The van der Waals surface area contributed by atoms with E-state index in [0.29, 0.717) is 0 Å². The van der Waals surface area contributed by atoms with Crippen LogP contribution in [0.5, 0.6) is 0 Å². The molecule has 5 heteroatoms. The molecule has 1 unspecified atom stereocenters. The number of hydrogen-bond acceptors (Lipinski definition) is 5. The fourth-order valence-corrected chi connectivity index (χ4v) is 2.74. The Morgan fingerprint density at radius 2 is 2.05 bits per heavy atom. The van der Waals surface area contributed by atoms with Crippen LogP contribution in [0.4, 0.5) is 11.6 Å². The lowest BCUT2D eigenvalue weighted by Crippen LogP contribution is -2.12. The highest BCUT2D eigenvalue weighted by molar-refractivity contribution is 7.10. The normalized spacial score (nSPS) is 12.2. The highest BCUT2D eigenvalue weighted by Gasteiger charge is 2.13. The quantitative estimate of drug-likeness (QED) is 0.844. The molecule has 0 saturated heterocycles. The summed E-state index contributed by atoms with van der Waals surface area (Å²) in [6.07, 6.45) is 2.52. The van der Waals surface area contributed by atoms with E-state index in [1.54, 1.807) is 17.7 Å². The number of anilines is 2. The van der Waals surface area contributed by atoms with Gasteiger partial charge in [0.15, 0.2) is 0 Å². The van der Waals surface area contributed by atoms with Gasteiger partial charge in [0, 0.05) is 17.0 Å². The zero-order valence-corrected chi connectivity index (χ0v) is 12.4. The van der Waals surface area contributed by atoms with Crippen LogP contribution in [-0.4, -0.2) is 16.5 Å². The first kappa shape index (κ1) is 13.8. The van der Waals surface area contributed by atoms with Crippen LogP contribution in [0.2, 0.25) is 0 Å². The Hall–Kier alpha value is -1.62. The van der Waals surface area contributed by atoms with Crippen molar-refractivity contribution in [3.63, 3.8) is 0 Å². The lowest BCUT2D eigenvalue weighted by atomic mass is 10.2. The minimum Gasteiger partial charge on any atom is -0.370 e. The summed E-state index contributed by atoms with van der Waals surface area (Å²) in [4.78, 5) is 10.0. The zero-order valence-electron chi connectivity index (χ0n) is 11.6. The van der Waals surface area contributed by atoms with E-state index >= 15 is 0 Å². The van der Waals surface area contributed by atoms with Crippen LogP contribution in [0, 0.1) is 0 Å². The average Bonchev–Trinajstić information content (AvgIpc) is 2.93. The predicted molar refractivity (Wildman–Crippen MR) is 81.9 cm³/mol. The number of rotatable bonds is 6. The number of aromatic nitrogens is 2. The summed E-state index contributed by atoms with van der Waals surface area (Å²) in [5.41, 5.74) is 1.15. The first-order valence-electron chi connectivity index (χ1n) is 6.63.